The van der Waals surface area contributed by atoms with E-state index in [2.05, 4.69) is 39.3 Å². The van der Waals surface area contributed by atoms with Gasteiger partial charge in [0, 0.05) is 17.7 Å². The molecule has 0 amide bonds. The van der Waals surface area contributed by atoms with Gasteiger partial charge in [-0.25, -0.2) is 0 Å². The Labute approximate surface area is 176 Å². The van der Waals surface area contributed by atoms with Crippen LogP contribution in [0.2, 0.25) is 0 Å². The smallest absolute Gasteiger partial charge is 0.232 e. The average Bonchev–Trinajstić information content (AvgIpc) is 2.75. The van der Waals surface area contributed by atoms with E-state index >= 15 is 0 Å². The monoisotopic (exact) mass is 407 g/mol. The summed E-state index contributed by atoms with van der Waals surface area (Å²) in [7, 11) is 3.33. The summed E-state index contributed by atoms with van der Waals surface area (Å²) in [6.07, 6.45) is 0.949. The normalized spacial score (nSPS) is 17.8. The molecule has 0 radical (unpaired) electrons. The van der Waals surface area contributed by atoms with Gasteiger partial charge in [0.2, 0.25) is 11.9 Å². The van der Waals surface area contributed by atoms with Crippen molar-refractivity contribution >= 4 is 17.6 Å². The number of hydrogen-bond donors (Lipinski definition) is 3. The van der Waals surface area contributed by atoms with Crippen molar-refractivity contribution in [2.75, 3.05) is 31.8 Å². The average molecular weight is 407 g/mol. The number of nitrogens with one attached hydrogen (secondary N) is 2. The first-order valence-corrected chi connectivity index (χ1v) is 9.99. The van der Waals surface area contributed by atoms with E-state index in [0.29, 0.717) is 18.3 Å². The van der Waals surface area contributed by atoms with E-state index in [9.17, 15) is 0 Å². The maximum absolute atomic E-state index is 5.96. The molecule has 2 aromatic carbocycles. The molecule has 0 spiro atoms. The van der Waals surface area contributed by atoms with Crippen LogP contribution in [0.25, 0.3) is 0 Å². The summed E-state index contributed by atoms with van der Waals surface area (Å²) in [6, 6.07) is 14.2. The van der Waals surface area contributed by atoms with E-state index in [1.807, 2.05) is 30.3 Å². The molecule has 2 heterocycles. The van der Waals surface area contributed by atoms with Gasteiger partial charge < -0.3 is 25.4 Å². The third-order valence-electron chi connectivity index (χ3n) is 5.55. The number of benzene rings is 2. The molecule has 0 saturated heterocycles. The van der Waals surface area contributed by atoms with E-state index in [0.717, 1.165) is 30.2 Å². The second-order valence-corrected chi connectivity index (χ2v) is 7.39. The van der Waals surface area contributed by atoms with Gasteiger partial charge in [0.25, 0.3) is 0 Å². The lowest BCUT2D eigenvalue weighted by atomic mass is 9.93. The fourth-order valence-electron chi connectivity index (χ4n) is 3.96. The maximum atomic E-state index is 5.96. The van der Waals surface area contributed by atoms with Crippen LogP contribution in [0.3, 0.4) is 0 Å². The Morgan fingerprint density at radius 1 is 1.07 bits per heavy atom. The molecule has 1 aliphatic rings. The van der Waals surface area contributed by atoms with Gasteiger partial charge in [-0.05, 0) is 36.8 Å². The molecule has 30 heavy (non-hydrogen) atoms. The molecule has 1 aliphatic heterocycles. The molecule has 8 nitrogen and oxygen atoms in total. The number of nitrogens with zero attached hydrogens (tertiary/aromatic N) is 3. The summed E-state index contributed by atoms with van der Waals surface area (Å²) in [5.74, 6) is 2.87. The first-order valence-electron chi connectivity index (χ1n) is 9.99. The standard InChI is InChI=1S/C22H26N6O2/c1-14-17-12-19(30-3)18(29-2)11-15(17)9-10-28(14)13-20-25-21(23)27-22(26-20)24-16-7-5-4-6-8-16/h4-8,11-12,14H,9-10,13H2,1-3H3,(H3,23,24,25,26,27)/p+1/t14-/m1/s1. The molecule has 4 rings (SSSR count). The van der Waals surface area contributed by atoms with Crippen molar-refractivity contribution in [1.82, 2.24) is 15.0 Å². The minimum atomic E-state index is 0.217. The highest BCUT2D eigenvalue weighted by Gasteiger charge is 2.30. The number of ether oxygens (including phenoxy) is 2. The number of aromatic nitrogens is 3. The topological polar surface area (TPSA) is 99.6 Å². The Balaban J connectivity index is 1.55. The van der Waals surface area contributed by atoms with Crippen LogP contribution in [-0.4, -0.2) is 35.7 Å². The van der Waals surface area contributed by atoms with E-state index in [1.54, 1.807) is 14.2 Å². The number of methoxy groups -OCH3 is 2. The Morgan fingerprint density at radius 2 is 1.80 bits per heavy atom. The van der Waals surface area contributed by atoms with Crippen molar-refractivity contribution in [2.45, 2.75) is 25.9 Å². The fraction of sp³-hybridized carbons (Fsp3) is 0.318. The van der Waals surface area contributed by atoms with Crippen molar-refractivity contribution in [3.63, 3.8) is 0 Å². The largest absolute Gasteiger partial charge is 0.493 e. The molecule has 0 fully saturated rings. The number of rotatable bonds is 6. The summed E-state index contributed by atoms with van der Waals surface area (Å²) >= 11 is 0. The van der Waals surface area contributed by atoms with E-state index in [1.165, 1.54) is 16.0 Å². The predicted octanol–water partition coefficient (Wildman–Crippen LogP) is 1.92. The second-order valence-electron chi connectivity index (χ2n) is 7.39. The lowest BCUT2D eigenvalue weighted by Gasteiger charge is -2.32. The van der Waals surface area contributed by atoms with Crippen LogP contribution in [0.15, 0.2) is 42.5 Å². The van der Waals surface area contributed by atoms with E-state index in [-0.39, 0.29) is 12.0 Å². The number of fused-ring (bicyclic) bond motifs is 1. The molecule has 4 N–H and O–H groups in total. The SMILES string of the molecule is COc1cc2c(cc1OC)[C@@H](C)[NH+](Cc1nc(N)nc(Nc3ccccc3)n1)CC2. The molecule has 0 aliphatic carbocycles. The quantitative estimate of drug-likeness (QED) is 0.574. The van der Waals surface area contributed by atoms with Crippen molar-refractivity contribution in [3.8, 4) is 11.5 Å². The van der Waals surface area contributed by atoms with Crippen LogP contribution >= 0.6 is 0 Å². The summed E-state index contributed by atoms with van der Waals surface area (Å²) in [6.45, 7) is 3.84. The van der Waals surface area contributed by atoms with Gasteiger partial charge in [-0.3, -0.25) is 0 Å². The van der Waals surface area contributed by atoms with Crippen LogP contribution in [0.1, 0.15) is 29.9 Å². The van der Waals surface area contributed by atoms with Gasteiger partial charge in [-0.1, -0.05) is 18.2 Å². The van der Waals surface area contributed by atoms with Crippen LogP contribution in [0.5, 0.6) is 11.5 Å². The van der Waals surface area contributed by atoms with Gasteiger partial charge >= 0.3 is 0 Å². The first-order chi connectivity index (χ1) is 14.6. The number of nitrogen functional groups attached to an aromatic ring is 1. The number of quaternary nitrogens is 1. The zero-order valence-electron chi connectivity index (χ0n) is 17.5. The minimum Gasteiger partial charge on any atom is -0.493 e. The van der Waals surface area contributed by atoms with Gasteiger partial charge in [0.1, 0.15) is 12.6 Å². The Bertz CT molecular complexity index is 1030. The lowest BCUT2D eigenvalue weighted by Crippen LogP contribution is -3.11. The highest BCUT2D eigenvalue weighted by molar-refractivity contribution is 5.53. The minimum absolute atomic E-state index is 0.217. The zero-order chi connectivity index (χ0) is 21.1. The second kappa shape index (κ2) is 8.54. The Morgan fingerprint density at radius 3 is 2.53 bits per heavy atom. The predicted molar refractivity (Wildman–Crippen MR) is 115 cm³/mol. The fourth-order valence-corrected chi connectivity index (χ4v) is 3.96. The van der Waals surface area contributed by atoms with Gasteiger partial charge in [-0.2, -0.15) is 15.0 Å². The third-order valence-corrected chi connectivity index (χ3v) is 5.55. The molecule has 1 aromatic heterocycles. The summed E-state index contributed by atoms with van der Waals surface area (Å²) in [5, 5.41) is 3.20. The highest BCUT2D eigenvalue weighted by Crippen LogP contribution is 2.34. The van der Waals surface area contributed by atoms with Crippen LogP contribution in [0, 0.1) is 0 Å². The van der Waals surface area contributed by atoms with Crippen LogP contribution < -0.4 is 25.4 Å². The summed E-state index contributed by atoms with van der Waals surface area (Å²) in [5.41, 5.74) is 9.42. The lowest BCUT2D eigenvalue weighted by molar-refractivity contribution is -0.945. The summed E-state index contributed by atoms with van der Waals surface area (Å²) in [4.78, 5) is 14.6. The Hall–Kier alpha value is -3.39. The number of para-hydroxylation sites is 1. The molecule has 0 saturated carbocycles. The van der Waals surface area contributed by atoms with Gasteiger partial charge in [0.15, 0.2) is 17.3 Å². The number of hydrogen-bond acceptors (Lipinski definition) is 7. The van der Waals surface area contributed by atoms with Crippen molar-refractivity contribution in [2.24, 2.45) is 0 Å². The number of anilines is 3. The number of nitrogens with two attached hydrogens (primary N) is 1. The van der Waals surface area contributed by atoms with E-state index < -0.39 is 0 Å². The van der Waals surface area contributed by atoms with Gasteiger partial charge in [-0.15, -0.1) is 0 Å². The Kier molecular flexibility index (Phi) is 5.67. The van der Waals surface area contributed by atoms with Crippen molar-refractivity contribution in [3.05, 3.63) is 59.4 Å². The van der Waals surface area contributed by atoms with Gasteiger partial charge in [0.05, 0.1) is 20.8 Å². The highest BCUT2D eigenvalue weighted by atomic mass is 16.5. The first kappa shape index (κ1) is 19.9. The molecular formula is C22H27N6O2+. The molecule has 2 atom stereocenters. The van der Waals surface area contributed by atoms with E-state index in [4.69, 9.17) is 15.2 Å². The molecular weight excluding hydrogens is 380 g/mol. The molecule has 156 valence electrons. The van der Waals surface area contributed by atoms with Crippen LogP contribution in [-0.2, 0) is 13.0 Å². The molecule has 1 unspecified atom stereocenters. The maximum Gasteiger partial charge on any atom is 0.232 e. The zero-order valence-corrected chi connectivity index (χ0v) is 17.5. The van der Waals surface area contributed by atoms with Crippen molar-refractivity contribution in [1.29, 1.82) is 0 Å². The van der Waals surface area contributed by atoms with Crippen LogP contribution in [0.4, 0.5) is 17.6 Å². The molecule has 3 aromatic rings. The summed E-state index contributed by atoms with van der Waals surface area (Å²) < 4.78 is 11.0. The van der Waals surface area contributed by atoms with Crippen molar-refractivity contribution < 1.29 is 14.4 Å². The third kappa shape index (κ3) is 4.13. The molecule has 0 bridgehead atoms. The molecule has 8 heteroatoms.